The molecule has 0 spiro atoms. The van der Waals surface area contributed by atoms with Crippen molar-refractivity contribution in [3.05, 3.63) is 24.0 Å². The van der Waals surface area contributed by atoms with Crippen molar-refractivity contribution >= 4 is 37.1 Å². The van der Waals surface area contributed by atoms with Crippen molar-refractivity contribution < 1.29 is 9.31 Å². The summed E-state index contributed by atoms with van der Waals surface area (Å²) in [6, 6.07) is 6.38. The smallest absolute Gasteiger partial charge is 0.399 e. The molecule has 2 aromatic rings. The number of H-pyrrole nitrogens is 1. The lowest BCUT2D eigenvalue weighted by atomic mass is 9.79. The molecule has 0 radical (unpaired) electrons. The van der Waals surface area contributed by atoms with Gasteiger partial charge in [0.25, 0.3) is 0 Å². The van der Waals surface area contributed by atoms with E-state index in [4.69, 9.17) is 9.31 Å². The predicted octanol–water partition coefficient (Wildman–Crippen LogP) is 2.65. The number of benzene rings is 1. The highest BCUT2D eigenvalue weighted by Gasteiger charge is 2.51. The van der Waals surface area contributed by atoms with Gasteiger partial charge in [-0.05, 0) is 58.8 Å². The van der Waals surface area contributed by atoms with Crippen LogP contribution in [-0.2, 0) is 9.31 Å². The Morgan fingerprint density at radius 2 is 1.83 bits per heavy atom. The van der Waals surface area contributed by atoms with Gasteiger partial charge in [0, 0.05) is 0 Å². The number of nitrogens with one attached hydrogen (secondary N) is 2. The van der Waals surface area contributed by atoms with Crippen molar-refractivity contribution in [1.29, 1.82) is 0 Å². The van der Waals surface area contributed by atoms with E-state index in [9.17, 15) is 0 Å². The van der Waals surface area contributed by atoms with Crippen LogP contribution in [0.25, 0.3) is 11.0 Å². The van der Waals surface area contributed by atoms with Gasteiger partial charge >= 0.3 is 7.12 Å². The molecule has 2 N–H and O–H groups in total. The average molecular weight is 349 g/mol. The monoisotopic (exact) mass is 349 g/mol. The van der Waals surface area contributed by atoms with E-state index in [1.807, 2.05) is 19.2 Å². The summed E-state index contributed by atoms with van der Waals surface area (Å²) in [5, 5.41) is 3.28. The topological polar surface area (TPSA) is 59.2 Å². The van der Waals surface area contributed by atoms with Crippen LogP contribution >= 0.6 is 13.5 Å². The second-order valence-electron chi connectivity index (χ2n) is 7.24. The van der Waals surface area contributed by atoms with Gasteiger partial charge in [0.15, 0.2) is 0 Å². The molecule has 0 saturated carbocycles. The molecule has 7 heteroatoms. The zero-order valence-corrected chi connectivity index (χ0v) is 16.4. The van der Waals surface area contributed by atoms with E-state index in [-0.39, 0.29) is 37.9 Å². The Kier molecular flexibility index (Phi) is 5.40. The molecule has 0 aliphatic carbocycles. The van der Waals surface area contributed by atoms with Crippen LogP contribution in [0.1, 0.15) is 52.9 Å². The second kappa shape index (κ2) is 6.71. The Balaban J connectivity index is 0.00000208. The number of rotatable bonds is 4. The van der Waals surface area contributed by atoms with Crippen LogP contribution in [0.15, 0.2) is 18.2 Å². The summed E-state index contributed by atoms with van der Waals surface area (Å²) in [5.74, 6) is 0.969. The molecule has 1 atom stereocenters. The van der Waals surface area contributed by atoms with Gasteiger partial charge in [0.05, 0.1) is 28.3 Å². The van der Waals surface area contributed by atoms with Crippen molar-refractivity contribution in [2.45, 2.75) is 58.3 Å². The lowest BCUT2D eigenvalue weighted by Gasteiger charge is -2.32. The van der Waals surface area contributed by atoms with Gasteiger partial charge in [-0.3, -0.25) is 0 Å². The summed E-state index contributed by atoms with van der Waals surface area (Å²) < 4.78 is 12.3. The zero-order valence-electron chi connectivity index (χ0n) is 15.4. The summed E-state index contributed by atoms with van der Waals surface area (Å²) >= 11 is 0. The highest BCUT2D eigenvalue weighted by Crippen LogP contribution is 2.36. The van der Waals surface area contributed by atoms with E-state index in [1.165, 1.54) is 0 Å². The van der Waals surface area contributed by atoms with Crippen LogP contribution in [0.4, 0.5) is 0 Å². The van der Waals surface area contributed by atoms with Crippen LogP contribution < -0.4 is 10.8 Å². The van der Waals surface area contributed by atoms with Gasteiger partial charge in [-0.1, -0.05) is 13.0 Å². The fourth-order valence-corrected chi connectivity index (χ4v) is 2.87. The maximum absolute atomic E-state index is 6.13. The highest BCUT2D eigenvalue weighted by atomic mass is 32.1. The molecule has 1 aromatic carbocycles. The Hall–Kier alpha value is -1.02. The maximum Gasteiger partial charge on any atom is 0.494 e. The summed E-state index contributed by atoms with van der Waals surface area (Å²) in [4.78, 5) is 8.10. The van der Waals surface area contributed by atoms with Crippen molar-refractivity contribution in [2.24, 2.45) is 0 Å². The van der Waals surface area contributed by atoms with Crippen molar-refractivity contribution in [3.63, 3.8) is 0 Å². The van der Waals surface area contributed by atoms with Crippen LogP contribution in [0, 0.1) is 0 Å². The number of nitrogens with zero attached hydrogens (tertiary/aromatic N) is 1. The molecule has 0 bridgehead atoms. The van der Waals surface area contributed by atoms with Crippen LogP contribution in [0.2, 0.25) is 0 Å². The van der Waals surface area contributed by atoms with Crippen LogP contribution in [0.3, 0.4) is 0 Å². The SMILES string of the molecule is CCC(NC)c1nc2ccc(B3OC(C)(C)C(C)(C)O3)cc2[nH]1.S. The summed E-state index contributed by atoms with van der Waals surface area (Å²) in [6.45, 7) is 10.4. The lowest BCUT2D eigenvalue weighted by Crippen LogP contribution is -2.41. The van der Waals surface area contributed by atoms with Gasteiger partial charge < -0.3 is 19.6 Å². The molecule has 132 valence electrons. The third kappa shape index (κ3) is 3.22. The number of aromatic amines is 1. The molecule has 1 saturated heterocycles. The van der Waals surface area contributed by atoms with Crippen molar-refractivity contribution in [3.8, 4) is 0 Å². The Labute approximate surface area is 151 Å². The third-order valence-corrected chi connectivity index (χ3v) is 5.14. The third-order valence-electron chi connectivity index (χ3n) is 5.14. The molecule has 3 rings (SSSR count). The Morgan fingerprint density at radius 1 is 1.21 bits per heavy atom. The van der Waals surface area contributed by atoms with E-state index in [2.05, 4.69) is 56.0 Å². The van der Waals surface area contributed by atoms with Gasteiger partial charge in [0.2, 0.25) is 0 Å². The molecule has 1 aliphatic heterocycles. The largest absolute Gasteiger partial charge is 0.494 e. The van der Waals surface area contributed by atoms with E-state index >= 15 is 0 Å². The van der Waals surface area contributed by atoms with Crippen molar-refractivity contribution in [2.75, 3.05) is 7.05 Å². The molecule has 0 amide bonds. The average Bonchev–Trinajstić information content (AvgIpc) is 2.98. The van der Waals surface area contributed by atoms with Gasteiger partial charge in [-0.2, -0.15) is 13.5 Å². The first kappa shape index (κ1) is 19.3. The number of aromatic nitrogens is 2. The first-order valence-corrected chi connectivity index (χ1v) is 8.30. The predicted molar refractivity (Wildman–Crippen MR) is 104 cm³/mol. The molecule has 5 nitrogen and oxygen atoms in total. The minimum atomic E-state index is -0.345. The summed E-state index contributed by atoms with van der Waals surface area (Å²) in [5.41, 5.74) is 2.34. The first-order chi connectivity index (χ1) is 10.8. The van der Waals surface area contributed by atoms with Crippen LogP contribution in [-0.4, -0.2) is 35.3 Å². The highest BCUT2D eigenvalue weighted by molar-refractivity contribution is 7.59. The fraction of sp³-hybridized carbons (Fsp3) is 0.588. The quantitative estimate of drug-likeness (QED) is 0.834. The maximum atomic E-state index is 6.13. The van der Waals surface area contributed by atoms with Gasteiger partial charge in [0.1, 0.15) is 5.82 Å². The van der Waals surface area contributed by atoms with E-state index in [0.29, 0.717) is 0 Å². The molecule has 1 aromatic heterocycles. The molecular formula is C17H28BN3O2S. The number of imidazole rings is 1. The standard InChI is InChI=1S/C17H26BN3O2.H2S/c1-7-12(19-6)15-20-13-9-8-11(10-14(13)21-15)18-22-16(2,3)17(4,5)23-18;/h8-10,12,19H,7H2,1-6H3,(H,20,21);1H2. The minimum Gasteiger partial charge on any atom is -0.399 e. The van der Waals surface area contributed by atoms with Gasteiger partial charge in [-0.15, -0.1) is 0 Å². The molecular weight excluding hydrogens is 321 g/mol. The zero-order chi connectivity index (χ0) is 16.8. The summed E-state index contributed by atoms with van der Waals surface area (Å²) in [6.07, 6.45) is 0.987. The van der Waals surface area contributed by atoms with Crippen LogP contribution in [0.5, 0.6) is 0 Å². The molecule has 1 unspecified atom stereocenters. The molecule has 1 fully saturated rings. The molecule has 24 heavy (non-hydrogen) atoms. The number of fused-ring (bicyclic) bond motifs is 1. The first-order valence-electron chi connectivity index (χ1n) is 8.30. The molecule has 1 aliphatic rings. The van der Waals surface area contributed by atoms with E-state index < -0.39 is 0 Å². The van der Waals surface area contributed by atoms with E-state index in [1.54, 1.807) is 0 Å². The molecule has 2 heterocycles. The van der Waals surface area contributed by atoms with Gasteiger partial charge in [-0.25, -0.2) is 4.98 Å². The number of hydrogen-bond donors (Lipinski definition) is 2. The Morgan fingerprint density at radius 3 is 2.38 bits per heavy atom. The number of hydrogen-bond acceptors (Lipinski definition) is 4. The summed E-state index contributed by atoms with van der Waals surface area (Å²) in [7, 11) is 1.61. The Bertz CT molecular complexity index is 697. The lowest BCUT2D eigenvalue weighted by molar-refractivity contribution is 0.00578. The van der Waals surface area contributed by atoms with E-state index in [0.717, 1.165) is 28.7 Å². The second-order valence-corrected chi connectivity index (χ2v) is 7.24. The minimum absolute atomic E-state index is 0. The fourth-order valence-electron chi connectivity index (χ4n) is 2.87. The van der Waals surface area contributed by atoms with Crippen molar-refractivity contribution in [1.82, 2.24) is 15.3 Å². The normalized spacial score (nSPS) is 20.2.